The van der Waals surface area contributed by atoms with Gasteiger partial charge in [-0.25, -0.2) is 0 Å². The van der Waals surface area contributed by atoms with E-state index in [1.54, 1.807) is 0 Å². The minimum absolute atomic E-state index is 0.170. The van der Waals surface area contributed by atoms with Crippen LogP contribution in [0.3, 0.4) is 0 Å². The van der Waals surface area contributed by atoms with Gasteiger partial charge in [-0.05, 0) is 32.4 Å². The van der Waals surface area contributed by atoms with Crippen LogP contribution in [0.25, 0.3) is 0 Å². The third kappa shape index (κ3) is 4.94. The van der Waals surface area contributed by atoms with Crippen LogP contribution >= 0.6 is 0 Å². The van der Waals surface area contributed by atoms with E-state index in [2.05, 4.69) is 10.2 Å². The van der Waals surface area contributed by atoms with E-state index in [-0.39, 0.29) is 6.10 Å². The van der Waals surface area contributed by atoms with Gasteiger partial charge in [-0.15, -0.1) is 0 Å². The number of piperidine rings is 1. The summed E-state index contributed by atoms with van der Waals surface area (Å²) in [4.78, 5) is 2.51. The Morgan fingerprint density at radius 3 is 2.64 bits per heavy atom. The number of nitrogens with one attached hydrogen (secondary N) is 1. The molecule has 1 aliphatic heterocycles. The molecule has 14 heavy (non-hydrogen) atoms. The molecule has 2 N–H and O–H groups in total. The summed E-state index contributed by atoms with van der Waals surface area (Å²) < 4.78 is 0. The van der Waals surface area contributed by atoms with Crippen molar-refractivity contribution in [3.8, 4) is 0 Å². The van der Waals surface area contributed by atoms with Gasteiger partial charge in [0, 0.05) is 19.6 Å². The predicted octanol–water partition coefficient (Wildman–Crippen LogP) is 0.833. The lowest BCUT2D eigenvalue weighted by atomic mass is 10.1. The minimum atomic E-state index is -0.170. The molecule has 0 aromatic heterocycles. The second kappa shape index (κ2) is 7.21. The van der Waals surface area contributed by atoms with Gasteiger partial charge in [0.05, 0.1) is 6.10 Å². The second-order valence-electron chi connectivity index (χ2n) is 4.17. The van der Waals surface area contributed by atoms with E-state index < -0.39 is 0 Å². The molecule has 3 nitrogen and oxygen atoms in total. The maximum absolute atomic E-state index is 9.32. The lowest BCUT2D eigenvalue weighted by Gasteiger charge is -2.26. The summed E-state index contributed by atoms with van der Waals surface area (Å²) in [5.74, 6) is 0. The number of likely N-dealkylation sites (tertiary alicyclic amines) is 1. The van der Waals surface area contributed by atoms with E-state index in [0.29, 0.717) is 0 Å². The number of rotatable bonds is 6. The smallest absolute Gasteiger partial charge is 0.0662 e. The van der Waals surface area contributed by atoms with Crippen LogP contribution in [0.4, 0.5) is 0 Å². The summed E-state index contributed by atoms with van der Waals surface area (Å²) in [6.45, 7) is 7.42. The van der Waals surface area contributed by atoms with E-state index in [0.717, 1.165) is 26.1 Å². The lowest BCUT2D eigenvalue weighted by molar-refractivity contribution is 0.163. The molecule has 1 rings (SSSR count). The average Bonchev–Trinajstić information content (AvgIpc) is 2.25. The van der Waals surface area contributed by atoms with Gasteiger partial charge in [0.1, 0.15) is 0 Å². The Kier molecular flexibility index (Phi) is 6.15. The normalized spacial score (nSPS) is 21.0. The molecular weight excluding hydrogens is 176 g/mol. The van der Waals surface area contributed by atoms with Crippen LogP contribution in [0.5, 0.6) is 0 Å². The lowest BCUT2D eigenvalue weighted by Crippen LogP contribution is -2.37. The monoisotopic (exact) mass is 200 g/mol. The van der Waals surface area contributed by atoms with E-state index in [9.17, 15) is 5.11 Å². The fraction of sp³-hybridized carbons (Fsp3) is 1.00. The Bertz CT molecular complexity index is 135. The fourth-order valence-electron chi connectivity index (χ4n) is 1.83. The molecular formula is C11H24N2O. The highest BCUT2D eigenvalue weighted by Crippen LogP contribution is 2.07. The van der Waals surface area contributed by atoms with Crippen LogP contribution < -0.4 is 5.32 Å². The topological polar surface area (TPSA) is 35.5 Å². The van der Waals surface area contributed by atoms with Crippen molar-refractivity contribution in [3.05, 3.63) is 0 Å². The molecule has 0 saturated carbocycles. The highest BCUT2D eigenvalue weighted by atomic mass is 16.3. The molecule has 0 spiro atoms. The second-order valence-corrected chi connectivity index (χ2v) is 4.17. The van der Waals surface area contributed by atoms with Crippen LogP contribution in [-0.2, 0) is 0 Å². The zero-order valence-electron chi connectivity index (χ0n) is 9.34. The molecule has 0 aromatic rings. The summed E-state index contributed by atoms with van der Waals surface area (Å²) in [5.41, 5.74) is 0. The minimum Gasteiger partial charge on any atom is -0.392 e. The molecule has 0 amide bonds. The summed E-state index contributed by atoms with van der Waals surface area (Å²) >= 11 is 0. The van der Waals surface area contributed by atoms with Crippen molar-refractivity contribution in [1.82, 2.24) is 10.2 Å². The van der Waals surface area contributed by atoms with Crippen molar-refractivity contribution in [2.75, 3.05) is 32.7 Å². The molecule has 1 saturated heterocycles. The maximum atomic E-state index is 9.32. The van der Waals surface area contributed by atoms with Gasteiger partial charge in [-0.3, -0.25) is 0 Å². The zero-order valence-corrected chi connectivity index (χ0v) is 9.34. The molecule has 0 aliphatic carbocycles. The molecule has 1 atom stereocenters. The van der Waals surface area contributed by atoms with Crippen molar-refractivity contribution < 1.29 is 5.11 Å². The maximum Gasteiger partial charge on any atom is 0.0662 e. The van der Waals surface area contributed by atoms with Crippen molar-refractivity contribution in [2.45, 2.75) is 38.7 Å². The first-order valence-electron chi connectivity index (χ1n) is 5.94. The highest BCUT2D eigenvalue weighted by molar-refractivity contribution is 4.66. The third-order valence-electron chi connectivity index (χ3n) is 2.90. The molecule has 84 valence electrons. The van der Waals surface area contributed by atoms with E-state index in [1.165, 1.54) is 32.4 Å². The van der Waals surface area contributed by atoms with Gasteiger partial charge < -0.3 is 15.3 Å². The number of aliphatic hydroxyl groups is 1. The van der Waals surface area contributed by atoms with Gasteiger partial charge in [-0.1, -0.05) is 13.3 Å². The fourth-order valence-corrected chi connectivity index (χ4v) is 1.83. The number of hydrogen-bond donors (Lipinski definition) is 2. The first kappa shape index (κ1) is 12.0. The Morgan fingerprint density at radius 1 is 1.29 bits per heavy atom. The van der Waals surface area contributed by atoms with Gasteiger partial charge in [0.25, 0.3) is 0 Å². The zero-order chi connectivity index (χ0) is 10.2. The van der Waals surface area contributed by atoms with Gasteiger partial charge in [0.15, 0.2) is 0 Å². The predicted molar refractivity (Wildman–Crippen MR) is 59.5 cm³/mol. The molecule has 0 aromatic carbocycles. The number of hydrogen-bond acceptors (Lipinski definition) is 3. The van der Waals surface area contributed by atoms with E-state index in [4.69, 9.17) is 0 Å². The molecule has 1 aliphatic rings. The van der Waals surface area contributed by atoms with Crippen LogP contribution in [0.1, 0.15) is 32.6 Å². The molecule has 3 heteroatoms. The standard InChI is InChI=1S/C11H24N2O/c1-2-11(14)10-12-6-9-13-7-4-3-5-8-13/h11-12,14H,2-10H2,1H3. The Hall–Kier alpha value is -0.120. The number of aliphatic hydroxyl groups excluding tert-OH is 1. The highest BCUT2D eigenvalue weighted by Gasteiger charge is 2.08. The Balaban J connectivity index is 1.92. The molecule has 1 unspecified atom stereocenters. The summed E-state index contributed by atoms with van der Waals surface area (Å²) in [5, 5.41) is 12.6. The Labute approximate surface area is 87.5 Å². The Morgan fingerprint density at radius 2 is 2.00 bits per heavy atom. The summed E-state index contributed by atoms with van der Waals surface area (Å²) in [6, 6.07) is 0. The summed E-state index contributed by atoms with van der Waals surface area (Å²) in [6.07, 6.45) is 4.79. The number of nitrogens with zero attached hydrogens (tertiary/aromatic N) is 1. The average molecular weight is 200 g/mol. The van der Waals surface area contributed by atoms with Crippen LogP contribution in [0.2, 0.25) is 0 Å². The van der Waals surface area contributed by atoms with Crippen LogP contribution in [0, 0.1) is 0 Å². The van der Waals surface area contributed by atoms with Gasteiger partial charge in [-0.2, -0.15) is 0 Å². The molecule has 1 fully saturated rings. The van der Waals surface area contributed by atoms with E-state index >= 15 is 0 Å². The van der Waals surface area contributed by atoms with Gasteiger partial charge in [0.2, 0.25) is 0 Å². The van der Waals surface area contributed by atoms with Crippen molar-refractivity contribution in [2.24, 2.45) is 0 Å². The largest absolute Gasteiger partial charge is 0.392 e. The molecule has 0 bridgehead atoms. The van der Waals surface area contributed by atoms with Crippen molar-refractivity contribution in [3.63, 3.8) is 0 Å². The first-order chi connectivity index (χ1) is 6.83. The summed E-state index contributed by atoms with van der Waals surface area (Å²) in [7, 11) is 0. The molecule has 0 radical (unpaired) electrons. The van der Waals surface area contributed by atoms with Crippen molar-refractivity contribution >= 4 is 0 Å². The van der Waals surface area contributed by atoms with Crippen LogP contribution in [0.15, 0.2) is 0 Å². The van der Waals surface area contributed by atoms with Crippen LogP contribution in [-0.4, -0.2) is 48.8 Å². The SMILES string of the molecule is CCC(O)CNCCN1CCCCC1. The quantitative estimate of drug-likeness (QED) is 0.624. The van der Waals surface area contributed by atoms with Gasteiger partial charge >= 0.3 is 0 Å². The third-order valence-corrected chi connectivity index (χ3v) is 2.90. The van der Waals surface area contributed by atoms with Crippen molar-refractivity contribution in [1.29, 1.82) is 0 Å². The first-order valence-corrected chi connectivity index (χ1v) is 5.94. The van der Waals surface area contributed by atoms with E-state index in [1.807, 2.05) is 6.92 Å². The molecule has 1 heterocycles.